The van der Waals surface area contributed by atoms with Gasteiger partial charge in [-0.05, 0) is 67.9 Å². The van der Waals surface area contributed by atoms with Crippen molar-refractivity contribution in [3.8, 4) is 0 Å². The minimum absolute atomic E-state index is 0.0484. The number of hydrogen-bond acceptors (Lipinski definition) is 3. The second-order valence-electron chi connectivity index (χ2n) is 6.41. The molecule has 0 unspecified atom stereocenters. The van der Waals surface area contributed by atoms with Crippen molar-refractivity contribution in [2.75, 3.05) is 10.0 Å². The van der Waals surface area contributed by atoms with Crippen LogP contribution >= 0.6 is 11.6 Å². The van der Waals surface area contributed by atoms with E-state index < -0.39 is 10.0 Å². The SMILES string of the molecule is Cc1ccc(C(=O)Nc2cc(S(=O)(=O)Nc3ccc(Cl)cc3)ccc2C)cc1. The molecule has 144 valence electrons. The van der Waals surface area contributed by atoms with Gasteiger partial charge in [-0.3, -0.25) is 9.52 Å². The molecule has 28 heavy (non-hydrogen) atoms. The molecule has 0 heterocycles. The normalized spacial score (nSPS) is 11.1. The Morgan fingerprint density at radius 2 is 1.54 bits per heavy atom. The Balaban J connectivity index is 1.84. The van der Waals surface area contributed by atoms with Crippen molar-refractivity contribution in [2.24, 2.45) is 0 Å². The predicted octanol–water partition coefficient (Wildman–Crippen LogP) is 5.01. The van der Waals surface area contributed by atoms with Gasteiger partial charge in [0.2, 0.25) is 0 Å². The van der Waals surface area contributed by atoms with Crippen molar-refractivity contribution in [1.29, 1.82) is 0 Å². The molecule has 5 nitrogen and oxygen atoms in total. The summed E-state index contributed by atoms with van der Waals surface area (Å²) in [5.41, 5.74) is 3.14. The monoisotopic (exact) mass is 414 g/mol. The molecule has 0 aliphatic heterocycles. The molecule has 0 bridgehead atoms. The van der Waals surface area contributed by atoms with Crippen molar-refractivity contribution in [2.45, 2.75) is 18.7 Å². The third-order valence-electron chi connectivity index (χ3n) is 4.18. The first kappa shape index (κ1) is 19.9. The molecule has 0 aliphatic rings. The summed E-state index contributed by atoms with van der Waals surface area (Å²) in [6.45, 7) is 3.74. The molecule has 0 spiro atoms. The zero-order valence-electron chi connectivity index (χ0n) is 15.4. The van der Waals surface area contributed by atoms with Gasteiger partial charge in [0.1, 0.15) is 0 Å². The van der Waals surface area contributed by atoms with Crippen molar-refractivity contribution >= 4 is 38.9 Å². The molecule has 0 saturated carbocycles. The molecule has 0 aromatic heterocycles. The number of amides is 1. The highest BCUT2D eigenvalue weighted by Gasteiger charge is 2.17. The number of nitrogens with one attached hydrogen (secondary N) is 2. The van der Waals surface area contributed by atoms with E-state index in [1.54, 1.807) is 49.4 Å². The van der Waals surface area contributed by atoms with Crippen LogP contribution in [0.4, 0.5) is 11.4 Å². The first-order valence-electron chi connectivity index (χ1n) is 8.52. The van der Waals surface area contributed by atoms with Gasteiger partial charge in [-0.25, -0.2) is 8.42 Å². The number of anilines is 2. The van der Waals surface area contributed by atoms with E-state index >= 15 is 0 Å². The number of hydrogen-bond donors (Lipinski definition) is 2. The van der Waals surface area contributed by atoms with Gasteiger partial charge in [0, 0.05) is 22.0 Å². The molecule has 7 heteroatoms. The fourth-order valence-electron chi connectivity index (χ4n) is 2.53. The standard InChI is InChI=1S/C21H19ClN2O3S/c1-14-3-6-16(7-4-14)21(25)23-20-13-19(12-5-15(20)2)28(26,27)24-18-10-8-17(22)9-11-18/h3-13,24H,1-2H3,(H,23,25). The summed E-state index contributed by atoms with van der Waals surface area (Å²) >= 11 is 5.83. The molecule has 3 rings (SSSR count). The Labute approximate surface area is 169 Å². The van der Waals surface area contributed by atoms with Crippen LogP contribution in [0.5, 0.6) is 0 Å². The Hall–Kier alpha value is -2.83. The molecular formula is C21H19ClN2O3S. The maximum absolute atomic E-state index is 12.7. The molecule has 3 aromatic carbocycles. The molecule has 0 fully saturated rings. The smallest absolute Gasteiger partial charge is 0.261 e. The second kappa shape index (κ2) is 8.04. The van der Waals surface area contributed by atoms with E-state index in [4.69, 9.17) is 11.6 Å². The summed E-state index contributed by atoms with van der Waals surface area (Å²) in [5.74, 6) is -0.302. The van der Waals surface area contributed by atoms with Crippen LogP contribution in [0.1, 0.15) is 21.5 Å². The topological polar surface area (TPSA) is 75.3 Å². The van der Waals surface area contributed by atoms with Crippen LogP contribution in [-0.2, 0) is 10.0 Å². The Morgan fingerprint density at radius 1 is 0.893 bits per heavy atom. The van der Waals surface area contributed by atoms with Crippen molar-refractivity contribution in [3.05, 3.63) is 88.4 Å². The molecule has 0 atom stereocenters. The summed E-state index contributed by atoms with van der Waals surface area (Å²) < 4.78 is 27.9. The van der Waals surface area contributed by atoms with Gasteiger partial charge in [0.05, 0.1) is 4.90 Å². The Morgan fingerprint density at radius 3 is 2.18 bits per heavy atom. The van der Waals surface area contributed by atoms with Gasteiger partial charge >= 0.3 is 0 Å². The van der Waals surface area contributed by atoms with Gasteiger partial charge in [-0.1, -0.05) is 35.4 Å². The number of benzene rings is 3. The first-order valence-corrected chi connectivity index (χ1v) is 10.4. The zero-order valence-corrected chi connectivity index (χ0v) is 16.9. The number of carbonyl (C=O) groups excluding carboxylic acids is 1. The average molecular weight is 415 g/mol. The first-order chi connectivity index (χ1) is 13.2. The summed E-state index contributed by atoms with van der Waals surface area (Å²) in [7, 11) is -3.82. The fourth-order valence-corrected chi connectivity index (χ4v) is 3.74. The predicted molar refractivity (Wildman–Crippen MR) is 113 cm³/mol. The van der Waals surface area contributed by atoms with Gasteiger partial charge in [-0.2, -0.15) is 0 Å². The van der Waals surface area contributed by atoms with E-state index in [0.717, 1.165) is 11.1 Å². The van der Waals surface area contributed by atoms with E-state index in [-0.39, 0.29) is 10.8 Å². The highest BCUT2D eigenvalue weighted by Crippen LogP contribution is 2.24. The maximum atomic E-state index is 12.7. The van der Waals surface area contributed by atoms with Crippen LogP contribution in [0.15, 0.2) is 71.6 Å². The van der Waals surface area contributed by atoms with Gasteiger partial charge in [0.25, 0.3) is 15.9 Å². The Kier molecular flexibility index (Phi) is 5.72. The van der Waals surface area contributed by atoms with E-state index in [0.29, 0.717) is 22.0 Å². The minimum Gasteiger partial charge on any atom is -0.322 e. The van der Waals surface area contributed by atoms with Crippen LogP contribution in [0.2, 0.25) is 5.02 Å². The molecule has 3 aromatic rings. The van der Waals surface area contributed by atoms with E-state index in [1.807, 2.05) is 19.1 Å². The van der Waals surface area contributed by atoms with Gasteiger partial charge in [-0.15, -0.1) is 0 Å². The Bertz CT molecular complexity index is 1110. The van der Waals surface area contributed by atoms with Gasteiger partial charge < -0.3 is 5.32 Å². The highest BCUT2D eigenvalue weighted by atomic mass is 35.5. The number of aryl methyl sites for hydroxylation is 2. The number of sulfonamides is 1. The number of rotatable bonds is 5. The quantitative estimate of drug-likeness (QED) is 0.616. The molecule has 2 N–H and O–H groups in total. The van der Waals surface area contributed by atoms with Crippen LogP contribution in [0, 0.1) is 13.8 Å². The molecule has 1 amide bonds. The van der Waals surface area contributed by atoms with Crippen LogP contribution in [-0.4, -0.2) is 14.3 Å². The molecular weight excluding hydrogens is 396 g/mol. The summed E-state index contributed by atoms with van der Waals surface area (Å²) in [5, 5.41) is 3.29. The average Bonchev–Trinajstić information content (AvgIpc) is 2.65. The van der Waals surface area contributed by atoms with Gasteiger partial charge in [0.15, 0.2) is 0 Å². The minimum atomic E-state index is -3.82. The summed E-state index contributed by atoms with van der Waals surface area (Å²) in [6.07, 6.45) is 0. The lowest BCUT2D eigenvalue weighted by Crippen LogP contribution is -2.16. The third kappa shape index (κ3) is 4.71. The van der Waals surface area contributed by atoms with Crippen LogP contribution < -0.4 is 10.0 Å². The molecule has 0 radical (unpaired) electrons. The lowest BCUT2D eigenvalue weighted by molar-refractivity contribution is 0.102. The second-order valence-corrected chi connectivity index (χ2v) is 8.53. The zero-order chi connectivity index (χ0) is 20.3. The van der Waals surface area contributed by atoms with Crippen molar-refractivity contribution in [1.82, 2.24) is 0 Å². The lowest BCUT2D eigenvalue weighted by atomic mass is 10.1. The lowest BCUT2D eigenvalue weighted by Gasteiger charge is -2.13. The maximum Gasteiger partial charge on any atom is 0.261 e. The largest absolute Gasteiger partial charge is 0.322 e. The van der Waals surface area contributed by atoms with E-state index in [9.17, 15) is 13.2 Å². The van der Waals surface area contributed by atoms with Crippen LogP contribution in [0.25, 0.3) is 0 Å². The van der Waals surface area contributed by atoms with E-state index in [1.165, 1.54) is 12.1 Å². The number of halogens is 1. The van der Waals surface area contributed by atoms with Crippen molar-refractivity contribution < 1.29 is 13.2 Å². The molecule has 0 aliphatic carbocycles. The third-order valence-corrected chi connectivity index (χ3v) is 5.81. The number of carbonyl (C=O) groups is 1. The molecule has 0 saturated heterocycles. The van der Waals surface area contributed by atoms with E-state index in [2.05, 4.69) is 10.0 Å². The fraction of sp³-hybridized carbons (Fsp3) is 0.0952. The summed E-state index contributed by atoms with van der Waals surface area (Å²) in [4.78, 5) is 12.5. The summed E-state index contributed by atoms with van der Waals surface area (Å²) in [6, 6.07) is 18.1. The van der Waals surface area contributed by atoms with Crippen molar-refractivity contribution in [3.63, 3.8) is 0 Å². The van der Waals surface area contributed by atoms with Crippen LogP contribution in [0.3, 0.4) is 0 Å². The highest BCUT2D eigenvalue weighted by molar-refractivity contribution is 7.92.